The van der Waals surface area contributed by atoms with Gasteiger partial charge in [0.25, 0.3) is 0 Å². The van der Waals surface area contributed by atoms with E-state index in [0.29, 0.717) is 23.8 Å². The molecule has 0 spiro atoms. The van der Waals surface area contributed by atoms with Gasteiger partial charge in [0.2, 0.25) is 0 Å². The first kappa shape index (κ1) is 13.4. The van der Waals surface area contributed by atoms with Crippen molar-refractivity contribution in [2.75, 3.05) is 25.1 Å². The monoisotopic (exact) mass is 292 g/mol. The average molecular weight is 292 g/mol. The molecular formula is C13H16N4O2S. The van der Waals surface area contributed by atoms with Crippen LogP contribution in [0.25, 0.3) is 0 Å². The molecule has 1 unspecified atom stereocenters. The van der Waals surface area contributed by atoms with Gasteiger partial charge in [-0.3, -0.25) is 5.32 Å². The number of thiophene rings is 1. The molecule has 2 aliphatic rings. The maximum absolute atomic E-state index is 12.0. The molecule has 106 valence electrons. The second-order valence-corrected chi connectivity index (χ2v) is 6.01. The quantitative estimate of drug-likeness (QED) is 0.764. The van der Waals surface area contributed by atoms with Crippen LogP contribution in [0.3, 0.4) is 0 Å². The highest BCUT2D eigenvalue weighted by Crippen LogP contribution is 2.34. The lowest BCUT2D eigenvalue weighted by atomic mass is 10.1. The number of amides is 2. The fourth-order valence-electron chi connectivity index (χ4n) is 2.51. The van der Waals surface area contributed by atoms with Crippen LogP contribution in [0.1, 0.15) is 22.4 Å². The van der Waals surface area contributed by atoms with Crippen LogP contribution in [0, 0.1) is 11.3 Å². The zero-order chi connectivity index (χ0) is 13.9. The first-order valence-corrected chi connectivity index (χ1v) is 7.50. The standard InChI is InChI=1S/C13H16N4O2S/c14-5-10-9-1-3-15-6-11(9)20-12(10)17-13(18)16-8-2-4-19-7-8/h8,15H,1-4,6-7H2,(H2,16,17,18). The summed E-state index contributed by atoms with van der Waals surface area (Å²) in [5.41, 5.74) is 1.69. The minimum Gasteiger partial charge on any atom is -0.379 e. The number of nitrogens with zero attached hydrogens (tertiary/aromatic N) is 1. The summed E-state index contributed by atoms with van der Waals surface area (Å²) in [5, 5.41) is 18.9. The number of rotatable bonds is 2. The number of fused-ring (bicyclic) bond motifs is 1. The van der Waals surface area contributed by atoms with Gasteiger partial charge >= 0.3 is 6.03 Å². The molecule has 6 nitrogen and oxygen atoms in total. The van der Waals surface area contributed by atoms with Crippen molar-refractivity contribution in [2.45, 2.75) is 25.4 Å². The maximum atomic E-state index is 12.0. The van der Waals surface area contributed by atoms with Gasteiger partial charge in [-0.1, -0.05) is 0 Å². The highest BCUT2D eigenvalue weighted by molar-refractivity contribution is 7.16. The molecule has 0 saturated carbocycles. The van der Waals surface area contributed by atoms with Crippen LogP contribution in [-0.4, -0.2) is 31.8 Å². The Labute approximate surface area is 121 Å². The number of anilines is 1. The average Bonchev–Trinajstić information content (AvgIpc) is 3.05. The van der Waals surface area contributed by atoms with Crippen molar-refractivity contribution in [3.8, 4) is 6.07 Å². The van der Waals surface area contributed by atoms with Crippen molar-refractivity contribution in [3.63, 3.8) is 0 Å². The Morgan fingerprint density at radius 1 is 1.55 bits per heavy atom. The highest BCUT2D eigenvalue weighted by atomic mass is 32.1. The van der Waals surface area contributed by atoms with Crippen molar-refractivity contribution >= 4 is 22.4 Å². The third kappa shape index (κ3) is 2.63. The van der Waals surface area contributed by atoms with Crippen LogP contribution in [0.15, 0.2) is 0 Å². The number of nitriles is 1. The number of carbonyl (C=O) groups is 1. The minimum atomic E-state index is -0.261. The van der Waals surface area contributed by atoms with Gasteiger partial charge in [-0.15, -0.1) is 11.3 Å². The van der Waals surface area contributed by atoms with Gasteiger partial charge < -0.3 is 15.4 Å². The van der Waals surface area contributed by atoms with E-state index in [9.17, 15) is 10.1 Å². The Kier molecular flexibility index (Phi) is 3.87. The third-order valence-electron chi connectivity index (χ3n) is 3.53. The molecule has 3 N–H and O–H groups in total. The van der Waals surface area contributed by atoms with Crippen LogP contribution < -0.4 is 16.0 Å². The molecule has 20 heavy (non-hydrogen) atoms. The summed E-state index contributed by atoms with van der Waals surface area (Å²) in [6.07, 6.45) is 1.68. The summed E-state index contributed by atoms with van der Waals surface area (Å²) in [7, 11) is 0. The predicted molar refractivity (Wildman–Crippen MR) is 75.8 cm³/mol. The van der Waals surface area contributed by atoms with Gasteiger partial charge in [0.15, 0.2) is 0 Å². The number of urea groups is 1. The maximum Gasteiger partial charge on any atom is 0.320 e. The highest BCUT2D eigenvalue weighted by Gasteiger charge is 2.23. The van der Waals surface area contributed by atoms with E-state index in [1.165, 1.54) is 11.3 Å². The van der Waals surface area contributed by atoms with E-state index in [-0.39, 0.29) is 12.1 Å². The van der Waals surface area contributed by atoms with E-state index in [1.807, 2.05) is 0 Å². The van der Waals surface area contributed by atoms with Gasteiger partial charge in [-0.2, -0.15) is 5.26 Å². The fraction of sp³-hybridized carbons (Fsp3) is 0.538. The summed E-state index contributed by atoms with van der Waals surface area (Å²) in [4.78, 5) is 13.1. The zero-order valence-electron chi connectivity index (χ0n) is 11.0. The van der Waals surface area contributed by atoms with Crippen molar-refractivity contribution in [3.05, 3.63) is 16.0 Å². The van der Waals surface area contributed by atoms with E-state index in [1.54, 1.807) is 0 Å². The van der Waals surface area contributed by atoms with Crippen LogP contribution in [0.5, 0.6) is 0 Å². The van der Waals surface area contributed by atoms with E-state index >= 15 is 0 Å². The number of hydrogen-bond donors (Lipinski definition) is 3. The minimum absolute atomic E-state index is 0.0665. The Balaban J connectivity index is 1.72. The fourth-order valence-corrected chi connectivity index (χ4v) is 3.68. The lowest BCUT2D eigenvalue weighted by Gasteiger charge is -2.12. The zero-order valence-corrected chi connectivity index (χ0v) is 11.8. The SMILES string of the molecule is N#Cc1c(NC(=O)NC2CCOC2)sc2c1CCNC2. The summed E-state index contributed by atoms with van der Waals surface area (Å²) in [6.45, 7) is 2.90. The Morgan fingerprint density at radius 2 is 2.45 bits per heavy atom. The van der Waals surface area contributed by atoms with Crippen LogP contribution in [0.4, 0.5) is 9.80 Å². The van der Waals surface area contributed by atoms with E-state index in [0.717, 1.165) is 36.4 Å². The molecule has 0 aromatic carbocycles. The summed E-state index contributed by atoms with van der Waals surface area (Å²) >= 11 is 1.48. The van der Waals surface area contributed by atoms with Crippen molar-refractivity contribution < 1.29 is 9.53 Å². The van der Waals surface area contributed by atoms with Gasteiger partial charge in [0, 0.05) is 18.0 Å². The molecular weight excluding hydrogens is 276 g/mol. The number of nitrogens with one attached hydrogen (secondary N) is 3. The van der Waals surface area contributed by atoms with Crippen molar-refractivity contribution in [2.24, 2.45) is 0 Å². The van der Waals surface area contributed by atoms with Crippen LogP contribution >= 0.6 is 11.3 Å². The second kappa shape index (κ2) is 5.79. The second-order valence-electron chi connectivity index (χ2n) is 4.91. The van der Waals surface area contributed by atoms with Gasteiger partial charge in [-0.05, 0) is 24.9 Å². The molecule has 3 rings (SSSR count). The molecule has 1 fully saturated rings. The number of carbonyl (C=O) groups excluding carboxylic acids is 1. The van der Waals surface area contributed by atoms with E-state index in [4.69, 9.17) is 4.74 Å². The molecule has 0 radical (unpaired) electrons. The Morgan fingerprint density at radius 3 is 3.20 bits per heavy atom. The number of hydrogen-bond acceptors (Lipinski definition) is 5. The first-order chi connectivity index (χ1) is 9.78. The molecule has 1 aromatic heterocycles. The lowest BCUT2D eigenvalue weighted by molar-refractivity contribution is 0.189. The molecule has 2 amide bonds. The lowest BCUT2D eigenvalue weighted by Crippen LogP contribution is -2.38. The molecule has 1 aromatic rings. The molecule has 0 aliphatic carbocycles. The summed E-state index contributed by atoms with van der Waals surface area (Å²) in [5.74, 6) is 0. The Bertz CT molecular complexity index is 557. The Hall–Kier alpha value is -1.62. The number of ether oxygens (including phenoxy) is 1. The third-order valence-corrected chi connectivity index (χ3v) is 4.68. The van der Waals surface area contributed by atoms with E-state index in [2.05, 4.69) is 22.0 Å². The molecule has 7 heteroatoms. The summed E-state index contributed by atoms with van der Waals surface area (Å²) in [6, 6.07) is 2.02. The van der Waals surface area contributed by atoms with Crippen LogP contribution in [-0.2, 0) is 17.7 Å². The predicted octanol–water partition coefficient (Wildman–Crippen LogP) is 1.18. The largest absolute Gasteiger partial charge is 0.379 e. The van der Waals surface area contributed by atoms with Crippen LogP contribution in [0.2, 0.25) is 0 Å². The molecule has 3 heterocycles. The smallest absolute Gasteiger partial charge is 0.320 e. The van der Waals surface area contributed by atoms with Gasteiger partial charge in [0.1, 0.15) is 11.1 Å². The summed E-state index contributed by atoms with van der Waals surface area (Å²) < 4.78 is 5.22. The van der Waals surface area contributed by atoms with E-state index < -0.39 is 0 Å². The normalized spacial score (nSPS) is 21.1. The van der Waals surface area contributed by atoms with Crippen molar-refractivity contribution in [1.29, 1.82) is 5.26 Å². The first-order valence-electron chi connectivity index (χ1n) is 6.68. The molecule has 1 saturated heterocycles. The topological polar surface area (TPSA) is 86.2 Å². The van der Waals surface area contributed by atoms with Crippen molar-refractivity contribution in [1.82, 2.24) is 10.6 Å². The molecule has 2 aliphatic heterocycles. The molecule has 0 bridgehead atoms. The van der Waals surface area contributed by atoms with Gasteiger partial charge in [-0.25, -0.2) is 4.79 Å². The molecule has 1 atom stereocenters. The van der Waals surface area contributed by atoms with Gasteiger partial charge in [0.05, 0.1) is 18.2 Å².